The lowest BCUT2D eigenvalue weighted by Gasteiger charge is -2.11. The standard InChI is InChI=1S/C16H15ClINO2/c1-10(2)21-13-5-3-4-11(8-13)16(20)19-15-7-6-12(17)9-14(15)18/h3-10H,1-2H3,(H,19,20). The van der Waals surface area contributed by atoms with Crippen LogP contribution in [0.4, 0.5) is 5.69 Å². The summed E-state index contributed by atoms with van der Waals surface area (Å²) in [5.41, 5.74) is 1.29. The van der Waals surface area contributed by atoms with E-state index in [0.717, 1.165) is 9.26 Å². The van der Waals surface area contributed by atoms with Crippen LogP contribution in [0.15, 0.2) is 42.5 Å². The summed E-state index contributed by atoms with van der Waals surface area (Å²) >= 11 is 8.04. The van der Waals surface area contributed by atoms with E-state index in [2.05, 4.69) is 27.9 Å². The van der Waals surface area contributed by atoms with Crippen molar-refractivity contribution in [2.75, 3.05) is 5.32 Å². The molecular weight excluding hydrogens is 401 g/mol. The zero-order valence-corrected chi connectivity index (χ0v) is 14.6. The Bertz CT molecular complexity index is 658. The fraction of sp³-hybridized carbons (Fsp3) is 0.188. The largest absolute Gasteiger partial charge is 0.491 e. The van der Waals surface area contributed by atoms with Gasteiger partial charge in [-0.05, 0) is 72.8 Å². The minimum absolute atomic E-state index is 0.0699. The van der Waals surface area contributed by atoms with Gasteiger partial charge in [-0.3, -0.25) is 4.79 Å². The van der Waals surface area contributed by atoms with Crippen molar-refractivity contribution in [2.24, 2.45) is 0 Å². The van der Waals surface area contributed by atoms with Gasteiger partial charge in [0.05, 0.1) is 11.8 Å². The fourth-order valence-electron chi connectivity index (χ4n) is 1.77. The van der Waals surface area contributed by atoms with Crippen LogP contribution >= 0.6 is 34.2 Å². The second-order valence-corrected chi connectivity index (χ2v) is 6.37. The zero-order chi connectivity index (χ0) is 15.4. The first-order valence-electron chi connectivity index (χ1n) is 6.49. The Morgan fingerprint density at radius 3 is 2.67 bits per heavy atom. The minimum atomic E-state index is -0.176. The topological polar surface area (TPSA) is 38.3 Å². The molecule has 0 unspecified atom stereocenters. The summed E-state index contributed by atoms with van der Waals surface area (Å²) in [6, 6.07) is 12.5. The molecule has 0 saturated carbocycles. The number of rotatable bonds is 4. The smallest absolute Gasteiger partial charge is 0.255 e. The van der Waals surface area contributed by atoms with Gasteiger partial charge in [0, 0.05) is 14.2 Å². The van der Waals surface area contributed by atoms with Crippen molar-refractivity contribution in [3.8, 4) is 5.75 Å². The summed E-state index contributed by atoms with van der Waals surface area (Å²) in [5.74, 6) is 0.507. The van der Waals surface area contributed by atoms with Crippen LogP contribution < -0.4 is 10.1 Å². The average molecular weight is 416 g/mol. The molecule has 0 atom stereocenters. The Labute approximate surface area is 142 Å². The van der Waals surface area contributed by atoms with E-state index in [4.69, 9.17) is 16.3 Å². The number of halogens is 2. The lowest BCUT2D eigenvalue weighted by atomic mass is 10.2. The van der Waals surface area contributed by atoms with Crippen LogP contribution in [0.5, 0.6) is 5.75 Å². The van der Waals surface area contributed by atoms with E-state index in [9.17, 15) is 4.79 Å². The first-order valence-corrected chi connectivity index (χ1v) is 7.94. The third-order valence-corrected chi connectivity index (χ3v) is 3.77. The van der Waals surface area contributed by atoms with Gasteiger partial charge in [-0.25, -0.2) is 0 Å². The molecule has 5 heteroatoms. The average Bonchev–Trinajstić information content (AvgIpc) is 2.41. The number of nitrogens with one attached hydrogen (secondary N) is 1. The molecule has 21 heavy (non-hydrogen) atoms. The van der Waals surface area contributed by atoms with Crippen molar-refractivity contribution in [1.82, 2.24) is 0 Å². The predicted molar refractivity (Wildman–Crippen MR) is 94.3 cm³/mol. The molecule has 2 aromatic carbocycles. The number of anilines is 1. The normalized spacial score (nSPS) is 10.5. The molecule has 2 rings (SSSR count). The highest BCUT2D eigenvalue weighted by molar-refractivity contribution is 14.1. The van der Waals surface area contributed by atoms with E-state index < -0.39 is 0 Å². The number of amides is 1. The SMILES string of the molecule is CC(C)Oc1cccc(C(=O)Nc2ccc(Cl)cc2I)c1. The molecule has 1 N–H and O–H groups in total. The van der Waals surface area contributed by atoms with E-state index in [0.29, 0.717) is 16.3 Å². The summed E-state index contributed by atoms with van der Waals surface area (Å²) in [6.07, 6.45) is 0.0699. The molecule has 1 amide bonds. The Morgan fingerprint density at radius 1 is 1.24 bits per heavy atom. The Morgan fingerprint density at radius 2 is 2.00 bits per heavy atom. The summed E-state index contributed by atoms with van der Waals surface area (Å²) in [7, 11) is 0. The highest BCUT2D eigenvalue weighted by Gasteiger charge is 2.10. The van der Waals surface area contributed by atoms with Crippen LogP contribution in [0.1, 0.15) is 24.2 Å². The van der Waals surface area contributed by atoms with Crippen LogP contribution in [0, 0.1) is 3.57 Å². The van der Waals surface area contributed by atoms with Gasteiger partial charge in [0.2, 0.25) is 0 Å². The van der Waals surface area contributed by atoms with Crippen molar-refractivity contribution in [3.05, 3.63) is 56.6 Å². The second-order valence-electron chi connectivity index (χ2n) is 4.77. The molecule has 0 radical (unpaired) electrons. The molecule has 2 aromatic rings. The third-order valence-electron chi connectivity index (χ3n) is 2.65. The van der Waals surface area contributed by atoms with Crippen LogP contribution in [-0.4, -0.2) is 12.0 Å². The molecule has 0 spiro atoms. The number of hydrogen-bond donors (Lipinski definition) is 1. The van der Waals surface area contributed by atoms with E-state index in [-0.39, 0.29) is 12.0 Å². The van der Waals surface area contributed by atoms with Gasteiger partial charge in [0.25, 0.3) is 5.91 Å². The highest BCUT2D eigenvalue weighted by Crippen LogP contribution is 2.23. The first-order chi connectivity index (χ1) is 9.95. The van der Waals surface area contributed by atoms with Gasteiger partial charge in [0.15, 0.2) is 0 Å². The van der Waals surface area contributed by atoms with Gasteiger partial charge < -0.3 is 10.1 Å². The monoisotopic (exact) mass is 415 g/mol. The van der Waals surface area contributed by atoms with E-state index in [1.54, 1.807) is 36.4 Å². The van der Waals surface area contributed by atoms with Gasteiger partial charge in [-0.2, -0.15) is 0 Å². The number of ether oxygens (including phenoxy) is 1. The predicted octanol–water partition coefficient (Wildman–Crippen LogP) is 4.98. The molecule has 0 aromatic heterocycles. The minimum Gasteiger partial charge on any atom is -0.491 e. The van der Waals surface area contributed by atoms with Gasteiger partial charge >= 0.3 is 0 Å². The van der Waals surface area contributed by atoms with Crippen molar-refractivity contribution in [3.63, 3.8) is 0 Å². The Balaban J connectivity index is 2.16. The molecular formula is C16H15ClINO2. The maximum absolute atomic E-state index is 12.3. The number of hydrogen-bond acceptors (Lipinski definition) is 2. The maximum atomic E-state index is 12.3. The Kier molecular flexibility index (Phi) is 5.47. The van der Waals surface area contributed by atoms with Crippen LogP contribution in [0.25, 0.3) is 0 Å². The number of carbonyl (C=O) groups excluding carboxylic acids is 1. The summed E-state index contributed by atoms with van der Waals surface area (Å²) in [5, 5.41) is 3.52. The zero-order valence-electron chi connectivity index (χ0n) is 11.7. The molecule has 0 aliphatic rings. The van der Waals surface area contributed by atoms with Crippen LogP contribution in [0.2, 0.25) is 5.02 Å². The van der Waals surface area contributed by atoms with E-state index >= 15 is 0 Å². The van der Waals surface area contributed by atoms with Crippen LogP contribution in [-0.2, 0) is 0 Å². The molecule has 0 saturated heterocycles. The molecule has 0 fully saturated rings. The Hall–Kier alpha value is -1.27. The molecule has 110 valence electrons. The summed E-state index contributed by atoms with van der Waals surface area (Å²) in [4.78, 5) is 12.3. The lowest BCUT2D eigenvalue weighted by Crippen LogP contribution is -2.13. The molecule has 0 heterocycles. The molecule has 0 aliphatic carbocycles. The number of carbonyl (C=O) groups is 1. The number of benzene rings is 2. The van der Waals surface area contributed by atoms with Gasteiger partial charge in [-0.1, -0.05) is 17.7 Å². The summed E-state index contributed by atoms with van der Waals surface area (Å²) in [6.45, 7) is 3.89. The van der Waals surface area contributed by atoms with E-state index in [1.807, 2.05) is 19.9 Å². The van der Waals surface area contributed by atoms with Crippen LogP contribution in [0.3, 0.4) is 0 Å². The molecule has 3 nitrogen and oxygen atoms in total. The van der Waals surface area contributed by atoms with Crippen molar-refractivity contribution < 1.29 is 9.53 Å². The van der Waals surface area contributed by atoms with Gasteiger partial charge in [-0.15, -0.1) is 0 Å². The van der Waals surface area contributed by atoms with Crippen molar-refractivity contribution in [2.45, 2.75) is 20.0 Å². The highest BCUT2D eigenvalue weighted by atomic mass is 127. The first kappa shape index (κ1) is 16.1. The quantitative estimate of drug-likeness (QED) is 0.715. The van der Waals surface area contributed by atoms with Crippen molar-refractivity contribution >= 4 is 45.8 Å². The maximum Gasteiger partial charge on any atom is 0.255 e. The summed E-state index contributed by atoms with van der Waals surface area (Å²) < 4.78 is 6.49. The molecule has 0 bridgehead atoms. The second kappa shape index (κ2) is 7.13. The van der Waals surface area contributed by atoms with Gasteiger partial charge in [0.1, 0.15) is 5.75 Å². The third kappa shape index (κ3) is 4.61. The van der Waals surface area contributed by atoms with E-state index in [1.165, 1.54) is 0 Å². The molecule has 0 aliphatic heterocycles. The lowest BCUT2D eigenvalue weighted by molar-refractivity contribution is 0.102. The fourth-order valence-corrected chi connectivity index (χ4v) is 2.77. The van der Waals surface area contributed by atoms with Crippen molar-refractivity contribution in [1.29, 1.82) is 0 Å².